The Kier molecular flexibility index (Phi) is 21.3. The van der Waals surface area contributed by atoms with Crippen LogP contribution in [0, 0.1) is 0 Å². The topological polar surface area (TPSA) is 77.3 Å². The molecule has 0 amide bonds. The summed E-state index contributed by atoms with van der Waals surface area (Å²) in [6.45, 7) is 11.5. The summed E-state index contributed by atoms with van der Waals surface area (Å²) in [5, 5.41) is 0. The Morgan fingerprint density at radius 1 is 0.391 bits per heavy atom. The zero-order chi connectivity index (χ0) is 29.4. The maximum atomic E-state index is 4.45. The van der Waals surface area contributed by atoms with E-state index in [1.807, 2.05) is 91.0 Å². The van der Waals surface area contributed by atoms with Crippen molar-refractivity contribution in [2.75, 3.05) is 0 Å². The molecule has 0 bridgehead atoms. The second-order valence-corrected chi connectivity index (χ2v) is 8.58. The Labute approximate surface area is 309 Å². The van der Waals surface area contributed by atoms with E-state index in [0.29, 0.717) is 0 Å². The molecule has 6 rings (SSSR count). The largest absolute Gasteiger partial charge is 4.00 e. The Balaban J connectivity index is 0.000000649. The molecular formula is C36H30Cl2N6Os2+6. The van der Waals surface area contributed by atoms with Crippen LogP contribution in [0.25, 0.3) is 52.4 Å². The molecule has 10 heteroatoms. The van der Waals surface area contributed by atoms with Gasteiger partial charge in [0.25, 0.3) is 0 Å². The second kappa shape index (κ2) is 23.3. The van der Waals surface area contributed by atoms with Gasteiger partial charge < -0.3 is 24.8 Å². The van der Waals surface area contributed by atoms with Crippen molar-refractivity contribution in [3.05, 3.63) is 165 Å². The first-order valence-corrected chi connectivity index (χ1v) is 13.2. The minimum Gasteiger partial charge on any atom is -1.00 e. The molecular weight excluding hydrogens is 968 g/mol. The molecule has 0 N–H and O–H groups in total. The number of hydrogen-bond donors (Lipinski definition) is 0. The first-order valence-electron chi connectivity index (χ1n) is 13.2. The average Bonchev–Trinajstić information content (AvgIpc) is 3.10. The van der Waals surface area contributed by atoms with E-state index in [2.05, 4.69) is 49.6 Å². The molecule has 0 aromatic carbocycles. The summed E-state index contributed by atoms with van der Waals surface area (Å²) in [6.07, 6.45) is 15.9. The van der Waals surface area contributed by atoms with Crippen LogP contribution in [0.3, 0.4) is 0 Å². The molecule has 0 saturated carbocycles. The molecule has 0 atom stereocenters. The number of rotatable bonds is 6. The van der Waals surface area contributed by atoms with E-state index in [0.717, 1.165) is 50.9 Å². The zero-order valence-electron chi connectivity index (χ0n) is 24.6. The minimum atomic E-state index is 0. The normalized spacial score (nSPS) is 8.87. The summed E-state index contributed by atoms with van der Waals surface area (Å²) in [7, 11) is 0. The van der Waals surface area contributed by atoms with Gasteiger partial charge in [-0.15, -0.1) is 0 Å². The number of halogens is 2. The van der Waals surface area contributed by atoms with Gasteiger partial charge in [-0.25, -0.2) is 0 Å². The van der Waals surface area contributed by atoms with Crippen LogP contribution in [0.4, 0.5) is 0 Å². The summed E-state index contributed by atoms with van der Waals surface area (Å²) < 4.78 is 0. The van der Waals surface area contributed by atoms with Crippen molar-refractivity contribution in [1.82, 2.24) is 29.9 Å². The molecule has 0 aliphatic rings. The first-order chi connectivity index (χ1) is 20.7. The minimum absolute atomic E-state index is 0. The third-order valence-corrected chi connectivity index (χ3v) is 5.91. The molecule has 0 spiro atoms. The molecule has 6 heterocycles. The van der Waals surface area contributed by atoms with Crippen LogP contribution < -0.4 is 24.8 Å². The van der Waals surface area contributed by atoms with Gasteiger partial charge in [0.05, 0.1) is 34.2 Å². The fourth-order valence-electron chi connectivity index (χ4n) is 3.92. The zero-order valence-corrected chi connectivity index (χ0v) is 31.2. The van der Waals surface area contributed by atoms with Crippen LogP contribution >= 0.6 is 0 Å². The van der Waals surface area contributed by atoms with Crippen molar-refractivity contribution in [2.24, 2.45) is 0 Å². The summed E-state index contributed by atoms with van der Waals surface area (Å²) in [4.78, 5) is 25.5. The van der Waals surface area contributed by atoms with Crippen molar-refractivity contribution in [3.8, 4) is 34.2 Å². The molecule has 6 aromatic heterocycles. The van der Waals surface area contributed by atoms with Crippen LogP contribution in [0.5, 0.6) is 0 Å². The first kappa shape index (κ1) is 42.0. The van der Waals surface area contributed by atoms with Crippen LogP contribution in [0.2, 0.25) is 0 Å². The van der Waals surface area contributed by atoms with E-state index in [4.69, 9.17) is 0 Å². The number of pyridine rings is 6. The average molecular weight is 998 g/mol. The van der Waals surface area contributed by atoms with Gasteiger partial charge in [-0.1, -0.05) is 68.3 Å². The standard InChI is InChI=1S/C16H14N2.2C10H8N2.2ClH.2Os/c1-4-12-11-18-16(14(6-3)13(12)5-2)15-9-7-8-10-17-15;2*1-3-7-11-9(5-1)10-6-2-4-8-12-10;;;;/h4-11H,1-3H2;2*1-8H;2*1H;;/q;;;;;2*+4/p-2. The van der Waals surface area contributed by atoms with E-state index in [-0.39, 0.29) is 64.4 Å². The van der Waals surface area contributed by atoms with Gasteiger partial charge in [0.15, 0.2) is 0 Å². The number of hydrogen-bond acceptors (Lipinski definition) is 6. The van der Waals surface area contributed by atoms with Crippen LogP contribution in [0.1, 0.15) is 16.7 Å². The van der Waals surface area contributed by atoms with E-state index < -0.39 is 0 Å². The van der Waals surface area contributed by atoms with Gasteiger partial charge in [-0.3, -0.25) is 29.9 Å². The van der Waals surface area contributed by atoms with Gasteiger partial charge in [0.1, 0.15) is 0 Å². The molecule has 0 saturated heterocycles. The Bertz CT molecular complexity index is 1560. The van der Waals surface area contributed by atoms with Gasteiger partial charge in [0, 0.05) is 48.3 Å². The predicted octanol–water partition coefficient (Wildman–Crippen LogP) is 2.36. The molecule has 46 heavy (non-hydrogen) atoms. The van der Waals surface area contributed by atoms with Gasteiger partial charge in [-0.05, 0) is 66.2 Å². The van der Waals surface area contributed by atoms with Crippen LogP contribution in [0.15, 0.2) is 148 Å². The third-order valence-electron chi connectivity index (χ3n) is 5.91. The van der Waals surface area contributed by atoms with Gasteiger partial charge >= 0.3 is 39.6 Å². The number of nitrogens with zero attached hydrogens (tertiary/aromatic N) is 6. The summed E-state index contributed by atoms with van der Waals surface area (Å²) in [5.41, 5.74) is 8.15. The Morgan fingerprint density at radius 2 is 0.717 bits per heavy atom. The summed E-state index contributed by atoms with van der Waals surface area (Å²) in [6, 6.07) is 28.9. The maximum absolute atomic E-state index is 4.45. The molecule has 6 aromatic rings. The molecule has 0 fully saturated rings. The van der Waals surface area contributed by atoms with Crippen molar-refractivity contribution in [3.63, 3.8) is 0 Å². The van der Waals surface area contributed by atoms with Crippen molar-refractivity contribution in [1.29, 1.82) is 0 Å². The van der Waals surface area contributed by atoms with E-state index >= 15 is 0 Å². The molecule has 6 nitrogen and oxygen atoms in total. The molecule has 228 valence electrons. The molecule has 0 unspecified atom stereocenters. The van der Waals surface area contributed by atoms with Gasteiger partial charge in [-0.2, -0.15) is 0 Å². The summed E-state index contributed by atoms with van der Waals surface area (Å²) in [5.74, 6) is 0. The third kappa shape index (κ3) is 12.1. The van der Waals surface area contributed by atoms with E-state index in [9.17, 15) is 0 Å². The molecule has 0 radical (unpaired) electrons. The monoisotopic (exact) mass is 1000 g/mol. The number of aromatic nitrogens is 6. The SMILES string of the molecule is C=Cc1cnc(-c2ccccn2)c(C=C)c1C=C.[Cl-].[Cl-].[Os+4].[Os+4].c1ccc(-c2ccccn2)nc1.c1ccc(-c2ccccn2)nc1. The Hall–Kier alpha value is -4.03. The second-order valence-electron chi connectivity index (χ2n) is 8.58. The smallest absolute Gasteiger partial charge is 1.00 e. The van der Waals surface area contributed by atoms with Crippen molar-refractivity contribution < 1.29 is 64.4 Å². The summed E-state index contributed by atoms with van der Waals surface area (Å²) >= 11 is 0. The van der Waals surface area contributed by atoms with Gasteiger partial charge in [0.2, 0.25) is 0 Å². The van der Waals surface area contributed by atoms with E-state index in [1.165, 1.54) is 0 Å². The quantitative estimate of drug-likeness (QED) is 0.256. The van der Waals surface area contributed by atoms with E-state index in [1.54, 1.807) is 55.4 Å². The molecule has 0 aliphatic carbocycles. The van der Waals surface area contributed by atoms with Crippen LogP contribution in [-0.2, 0) is 39.6 Å². The van der Waals surface area contributed by atoms with Crippen molar-refractivity contribution in [2.45, 2.75) is 0 Å². The fourth-order valence-corrected chi connectivity index (χ4v) is 3.92. The van der Waals surface area contributed by atoms with Crippen LogP contribution in [-0.4, -0.2) is 29.9 Å². The predicted molar refractivity (Wildman–Crippen MR) is 173 cm³/mol. The van der Waals surface area contributed by atoms with Crippen molar-refractivity contribution >= 4 is 18.2 Å². The Morgan fingerprint density at radius 3 is 0.978 bits per heavy atom. The molecule has 0 aliphatic heterocycles. The maximum Gasteiger partial charge on any atom is 4.00 e. The fraction of sp³-hybridized carbons (Fsp3) is 0.